The van der Waals surface area contributed by atoms with Crippen LogP contribution in [0, 0.1) is 0 Å². The number of rotatable bonds is 4. The Hall–Kier alpha value is -2.45. The van der Waals surface area contributed by atoms with Crippen molar-refractivity contribution in [2.45, 2.75) is 0 Å². The van der Waals surface area contributed by atoms with E-state index in [-0.39, 0.29) is 12.5 Å². The highest BCUT2D eigenvalue weighted by Gasteiger charge is 2.09. The predicted molar refractivity (Wildman–Crippen MR) is 78.4 cm³/mol. The molecule has 7 nitrogen and oxygen atoms in total. The topological polar surface area (TPSA) is 97.2 Å². The van der Waals surface area contributed by atoms with E-state index in [1.807, 2.05) is 11.4 Å². The Labute approximate surface area is 122 Å². The molecule has 2 heterocycles. The zero-order chi connectivity index (χ0) is 14.8. The van der Waals surface area contributed by atoms with Crippen molar-refractivity contribution in [1.82, 2.24) is 9.97 Å². The number of hydrogen-bond acceptors (Lipinski definition) is 6. The second kappa shape index (κ2) is 5.51. The third kappa shape index (κ3) is 2.86. The van der Waals surface area contributed by atoms with Gasteiger partial charge in [-0.15, -0.1) is 11.3 Å². The van der Waals surface area contributed by atoms with Crippen molar-refractivity contribution in [2.75, 3.05) is 19.0 Å². The molecule has 0 saturated heterocycles. The number of nitrogens with zero attached hydrogens (tertiary/aromatic N) is 1. The van der Waals surface area contributed by atoms with Crippen molar-refractivity contribution in [3.8, 4) is 11.3 Å². The van der Waals surface area contributed by atoms with Crippen LogP contribution in [0.15, 0.2) is 32.8 Å². The maximum absolute atomic E-state index is 11.4. The molecule has 0 aliphatic rings. The summed E-state index contributed by atoms with van der Waals surface area (Å²) in [7, 11) is 1.45. The normalized spacial score (nSPS) is 10.9. The minimum absolute atomic E-state index is 0.0185. The number of H-pyrrole nitrogens is 1. The van der Waals surface area contributed by atoms with Crippen molar-refractivity contribution in [2.24, 2.45) is 0 Å². The van der Waals surface area contributed by atoms with E-state index in [0.717, 1.165) is 5.56 Å². The number of hydrogen-bond donors (Lipinski definition) is 2. The van der Waals surface area contributed by atoms with Gasteiger partial charge in [-0.1, -0.05) is 6.07 Å². The molecule has 21 heavy (non-hydrogen) atoms. The minimum Gasteiger partial charge on any atom is -0.408 e. The number of carbonyl (C=O) groups is 1. The number of benzene rings is 1. The average molecular weight is 305 g/mol. The Morgan fingerprint density at radius 2 is 2.38 bits per heavy atom. The highest BCUT2D eigenvalue weighted by Crippen LogP contribution is 2.26. The van der Waals surface area contributed by atoms with Crippen LogP contribution in [0.1, 0.15) is 0 Å². The molecule has 2 N–H and O–H groups in total. The largest absolute Gasteiger partial charge is 0.417 e. The van der Waals surface area contributed by atoms with E-state index < -0.39 is 5.76 Å². The first-order chi connectivity index (χ1) is 10.2. The van der Waals surface area contributed by atoms with Crippen LogP contribution >= 0.6 is 11.3 Å². The molecule has 1 aromatic carbocycles. The van der Waals surface area contributed by atoms with Crippen molar-refractivity contribution in [1.29, 1.82) is 0 Å². The fraction of sp³-hybridized carbons (Fsp3) is 0.154. The zero-order valence-corrected chi connectivity index (χ0v) is 11.8. The summed E-state index contributed by atoms with van der Waals surface area (Å²) in [6.07, 6.45) is 0. The van der Waals surface area contributed by atoms with E-state index in [4.69, 9.17) is 9.15 Å². The number of carbonyl (C=O) groups excluding carboxylic acids is 1. The van der Waals surface area contributed by atoms with E-state index in [2.05, 4.69) is 15.3 Å². The van der Waals surface area contributed by atoms with Crippen molar-refractivity contribution in [3.05, 3.63) is 34.1 Å². The zero-order valence-electron chi connectivity index (χ0n) is 11.0. The SMILES string of the molecule is COCC(=O)Nc1nc(-c2ccc3[nH]c(=O)oc3c2)cs1. The van der Waals surface area contributed by atoms with Gasteiger partial charge >= 0.3 is 5.76 Å². The van der Waals surface area contributed by atoms with Gasteiger partial charge in [0.15, 0.2) is 10.7 Å². The number of oxazole rings is 1. The van der Waals surface area contributed by atoms with Crippen LogP contribution in [-0.4, -0.2) is 29.6 Å². The van der Waals surface area contributed by atoms with E-state index >= 15 is 0 Å². The highest BCUT2D eigenvalue weighted by atomic mass is 32.1. The maximum Gasteiger partial charge on any atom is 0.417 e. The maximum atomic E-state index is 11.4. The van der Waals surface area contributed by atoms with Crippen LogP contribution in [0.3, 0.4) is 0 Å². The Bertz CT molecular complexity index is 848. The predicted octanol–water partition coefficient (Wildman–Crippen LogP) is 1.83. The number of methoxy groups -OCH3 is 1. The molecule has 0 saturated carbocycles. The summed E-state index contributed by atoms with van der Waals surface area (Å²) in [5, 5.41) is 4.94. The highest BCUT2D eigenvalue weighted by molar-refractivity contribution is 7.14. The molecule has 8 heteroatoms. The molecule has 0 atom stereocenters. The molecular formula is C13H11N3O4S. The number of aromatic nitrogens is 2. The lowest BCUT2D eigenvalue weighted by Gasteiger charge is -1.99. The number of anilines is 1. The first-order valence-corrected chi connectivity index (χ1v) is 6.91. The molecule has 0 spiro atoms. The summed E-state index contributed by atoms with van der Waals surface area (Å²) in [6, 6.07) is 5.30. The molecule has 0 fully saturated rings. The Balaban J connectivity index is 1.87. The molecule has 0 aliphatic heterocycles. The Morgan fingerprint density at radius 1 is 1.52 bits per heavy atom. The summed E-state index contributed by atoms with van der Waals surface area (Å²) in [6.45, 7) is -0.0185. The summed E-state index contributed by atoms with van der Waals surface area (Å²) in [5.41, 5.74) is 2.59. The minimum atomic E-state index is -0.493. The number of fused-ring (bicyclic) bond motifs is 1. The van der Waals surface area contributed by atoms with Gasteiger partial charge in [-0.05, 0) is 12.1 Å². The molecule has 0 aliphatic carbocycles. The van der Waals surface area contributed by atoms with Gasteiger partial charge in [0.1, 0.15) is 6.61 Å². The van der Waals surface area contributed by atoms with Gasteiger partial charge in [0.2, 0.25) is 0 Å². The molecule has 3 rings (SSSR count). The molecule has 0 radical (unpaired) electrons. The monoisotopic (exact) mass is 305 g/mol. The van der Waals surface area contributed by atoms with E-state index in [0.29, 0.717) is 21.9 Å². The summed E-state index contributed by atoms with van der Waals surface area (Å²) >= 11 is 1.31. The molecule has 2 aromatic heterocycles. The lowest BCUT2D eigenvalue weighted by Crippen LogP contribution is -2.16. The molecule has 0 bridgehead atoms. The quantitative estimate of drug-likeness (QED) is 0.766. The molecule has 3 aromatic rings. The fourth-order valence-electron chi connectivity index (χ4n) is 1.85. The summed E-state index contributed by atoms with van der Waals surface area (Å²) in [5.74, 6) is -0.751. The van der Waals surface area contributed by atoms with Gasteiger partial charge in [-0.3, -0.25) is 15.1 Å². The lowest BCUT2D eigenvalue weighted by molar-refractivity contribution is -0.119. The van der Waals surface area contributed by atoms with Crippen LogP contribution in [0.5, 0.6) is 0 Å². The van der Waals surface area contributed by atoms with Crippen LogP contribution in [0.2, 0.25) is 0 Å². The first-order valence-electron chi connectivity index (χ1n) is 6.03. The summed E-state index contributed by atoms with van der Waals surface area (Å²) in [4.78, 5) is 29.4. The van der Waals surface area contributed by atoms with Gasteiger partial charge in [0.25, 0.3) is 5.91 Å². The first kappa shape index (κ1) is 13.5. The van der Waals surface area contributed by atoms with Gasteiger partial charge in [0, 0.05) is 18.1 Å². The van der Waals surface area contributed by atoms with E-state index in [1.165, 1.54) is 18.4 Å². The molecular weight excluding hydrogens is 294 g/mol. The number of nitrogens with one attached hydrogen (secondary N) is 2. The molecule has 0 unspecified atom stereocenters. The number of aromatic amines is 1. The second-order valence-corrected chi connectivity index (χ2v) is 5.10. The molecule has 108 valence electrons. The molecule has 1 amide bonds. The lowest BCUT2D eigenvalue weighted by atomic mass is 10.1. The fourth-order valence-corrected chi connectivity index (χ4v) is 2.59. The second-order valence-electron chi connectivity index (χ2n) is 4.24. The third-order valence-electron chi connectivity index (χ3n) is 2.74. The summed E-state index contributed by atoms with van der Waals surface area (Å²) < 4.78 is 9.75. The van der Waals surface area contributed by atoms with Gasteiger partial charge in [-0.2, -0.15) is 0 Å². The van der Waals surface area contributed by atoms with Gasteiger partial charge in [0.05, 0.1) is 11.2 Å². The van der Waals surface area contributed by atoms with Gasteiger partial charge in [-0.25, -0.2) is 9.78 Å². The number of amides is 1. The average Bonchev–Trinajstić information content (AvgIpc) is 3.03. The van der Waals surface area contributed by atoms with E-state index in [1.54, 1.807) is 12.1 Å². The van der Waals surface area contributed by atoms with Crippen molar-refractivity contribution < 1.29 is 13.9 Å². The number of ether oxygens (including phenoxy) is 1. The van der Waals surface area contributed by atoms with Crippen molar-refractivity contribution in [3.63, 3.8) is 0 Å². The van der Waals surface area contributed by atoms with Crippen molar-refractivity contribution >= 4 is 33.5 Å². The smallest absolute Gasteiger partial charge is 0.408 e. The Kier molecular flexibility index (Phi) is 3.55. The van der Waals surface area contributed by atoms with Crippen LogP contribution in [0.4, 0.5) is 5.13 Å². The van der Waals surface area contributed by atoms with Crippen LogP contribution < -0.4 is 11.1 Å². The third-order valence-corrected chi connectivity index (χ3v) is 3.50. The van der Waals surface area contributed by atoms with Crippen LogP contribution in [-0.2, 0) is 9.53 Å². The van der Waals surface area contributed by atoms with Crippen LogP contribution in [0.25, 0.3) is 22.4 Å². The van der Waals surface area contributed by atoms with E-state index in [9.17, 15) is 9.59 Å². The van der Waals surface area contributed by atoms with Gasteiger partial charge < -0.3 is 9.15 Å². The standard InChI is InChI=1S/C13H11N3O4S/c1-19-5-11(17)16-12-14-9(6-21-12)7-2-3-8-10(4-7)20-13(18)15-8/h2-4,6H,5H2,1H3,(H,15,18)(H,14,16,17). The number of thiazole rings is 1. The Morgan fingerprint density at radius 3 is 3.19 bits per heavy atom.